The molecule has 2 aromatic rings. The van der Waals surface area contributed by atoms with Crippen LogP contribution in [0.5, 0.6) is 0 Å². The van der Waals surface area contributed by atoms with Gasteiger partial charge in [0.25, 0.3) is 5.91 Å². The van der Waals surface area contributed by atoms with E-state index in [1.165, 1.54) is 23.8 Å². The number of rotatable bonds is 6. The third-order valence-corrected chi connectivity index (χ3v) is 10.5. The molecule has 13 heteroatoms. The number of amides is 5. The molecule has 0 radical (unpaired) electrons. The Morgan fingerprint density at radius 2 is 1.22 bits per heavy atom. The van der Waals surface area contributed by atoms with Crippen molar-refractivity contribution in [2.45, 2.75) is 103 Å². The summed E-state index contributed by atoms with van der Waals surface area (Å²) in [6.45, 7) is 24.3. The first-order chi connectivity index (χ1) is 25.3. The fourth-order valence-electron chi connectivity index (χ4n) is 8.10. The van der Waals surface area contributed by atoms with Gasteiger partial charge in [-0.3, -0.25) is 14.6 Å². The first kappa shape index (κ1) is 48.0. The topological polar surface area (TPSA) is 135 Å². The van der Waals surface area contributed by atoms with Crippen molar-refractivity contribution >= 4 is 41.0 Å². The van der Waals surface area contributed by atoms with Gasteiger partial charge in [0.2, 0.25) is 0 Å². The van der Waals surface area contributed by atoms with Gasteiger partial charge in [0.1, 0.15) is 5.54 Å². The number of halogens is 1. The maximum Gasteiger partial charge on any atom is 2.00 e. The second-order valence-corrected chi connectivity index (χ2v) is 14.9. The molecule has 5 aliphatic heterocycles. The summed E-state index contributed by atoms with van der Waals surface area (Å²) < 4.78 is 4.94. The molecular formula is C42H61ClMgN6O5. The van der Waals surface area contributed by atoms with E-state index in [1.54, 1.807) is 11.0 Å². The van der Waals surface area contributed by atoms with Crippen molar-refractivity contribution in [1.82, 2.24) is 31.1 Å². The van der Waals surface area contributed by atoms with Gasteiger partial charge in [-0.1, -0.05) is 64.7 Å². The number of urea groups is 2. The summed E-state index contributed by atoms with van der Waals surface area (Å²) in [5.74, 6) is -0.0758. The Labute approximate surface area is 351 Å². The predicted octanol–water partition coefficient (Wildman–Crippen LogP) is 2.12. The smallest absolute Gasteiger partial charge is 1.00 e. The Morgan fingerprint density at radius 1 is 0.764 bits per heavy atom. The van der Waals surface area contributed by atoms with Gasteiger partial charge < -0.3 is 43.5 Å². The third kappa shape index (κ3) is 12.0. The molecule has 0 saturated carbocycles. The number of nitrogens with one attached hydrogen (secondary N) is 4. The number of benzene rings is 2. The fourth-order valence-corrected chi connectivity index (χ4v) is 8.10. The van der Waals surface area contributed by atoms with Crippen LogP contribution in [0.15, 0.2) is 61.7 Å². The number of aliphatic hydroxyl groups is 1. The van der Waals surface area contributed by atoms with E-state index in [0.29, 0.717) is 45.2 Å². The number of hydrogen-bond donors (Lipinski definition) is 5. The van der Waals surface area contributed by atoms with Crippen LogP contribution in [-0.2, 0) is 22.6 Å². The zero-order chi connectivity index (χ0) is 38.6. The van der Waals surface area contributed by atoms with Gasteiger partial charge in [0, 0.05) is 19.6 Å². The predicted molar refractivity (Wildman–Crippen MR) is 216 cm³/mol. The number of aryl methyl sites for hydroxylation is 4. The fraction of sp³-hybridized carbons (Fsp3) is 0.524. The number of hydrogen-bond acceptors (Lipinski definition) is 7. The quantitative estimate of drug-likeness (QED) is 0.131. The first-order valence-electron chi connectivity index (χ1n) is 18.9. The second-order valence-electron chi connectivity index (χ2n) is 14.9. The normalized spacial score (nSPS) is 21.7. The molecule has 11 nitrogen and oxygen atoms in total. The third-order valence-electron chi connectivity index (χ3n) is 10.5. The van der Waals surface area contributed by atoms with Crippen LogP contribution in [-0.4, -0.2) is 112 Å². The molecule has 5 saturated heterocycles. The summed E-state index contributed by atoms with van der Waals surface area (Å²) in [7, 11) is 0. The summed E-state index contributed by atoms with van der Waals surface area (Å²) in [5.41, 5.74) is 4.12. The van der Waals surface area contributed by atoms with E-state index >= 15 is 0 Å². The zero-order valence-electron chi connectivity index (χ0n) is 33.4. The van der Waals surface area contributed by atoms with Gasteiger partial charge in [0.15, 0.2) is 5.72 Å². The van der Waals surface area contributed by atoms with Gasteiger partial charge in [-0.05, 0) is 104 Å². The van der Waals surface area contributed by atoms with E-state index in [-0.39, 0.29) is 53.4 Å². The molecule has 2 aromatic carbocycles. The van der Waals surface area contributed by atoms with E-state index in [4.69, 9.17) is 4.74 Å². The summed E-state index contributed by atoms with van der Waals surface area (Å²) in [5, 5.41) is 24.1. The van der Waals surface area contributed by atoms with E-state index in [0.717, 1.165) is 72.8 Å². The molecule has 2 spiro atoms. The van der Waals surface area contributed by atoms with Crippen molar-refractivity contribution in [3.63, 3.8) is 0 Å². The zero-order valence-corrected chi connectivity index (χ0v) is 35.6. The molecule has 0 aromatic heterocycles. The maximum absolute atomic E-state index is 12.7. The summed E-state index contributed by atoms with van der Waals surface area (Å²) >= 11 is 0. The van der Waals surface area contributed by atoms with Crippen LogP contribution >= 0.6 is 0 Å². The Balaban J connectivity index is 0.000000309. The van der Waals surface area contributed by atoms with Crippen LogP contribution in [0.3, 0.4) is 0 Å². The summed E-state index contributed by atoms with van der Waals surface area (Å²) in [6, 6.07) is 11.9. The number of carbonyl (C=O) groups is 3. The number of carbonyl (C=O) groups excluding carboxylic acids is 3. The van der Waals surface area contributed by atoms with E-state index in [2.05, 4.69) is 65.6 Å². The van der Waals surface area contributed by atoms with E-state index in [9.17, 15) is 19.5 Å². The minimum Gasteiger partial charge on any atom is -1.00 e. The van der Waals surface area contributed by atoms with Crippen LogP contribution in [0.1, 0.15) is 78.3 Å². The molecule has 5 heterocycles. The number of ether oxygens (including phenoxy) is 1. The van der Waals surface area contributed by atoms with Gasteiger partial charge >= 0.3 is 35.1 Å². The minimum absolute atomic E-state index is 0. The summed E-state index contributed by atoms with van der Waals surface area (Å²) in [6.07, 6.45) is 8.88. The van der Waals surface area contributed by atoms with Gasteiger partial charge in [-0.15, -0.1) is 6.58 Å². The van der Waals surface area contributed by atoms with Gasteiger partial charge in [0.05, 0.1) is 18.6 Å². The van der Waals surface area contributed by atoms with Crippen molar-refractivity contribution in [3.8, 4) is 0 Å². The molecule has 7 rings (SSSR count). The standard InChI is InChI=1S/C19H27N3O2.C16H21N3O2.C4H8O.C3H5.ClH.Mg/c1-4-5-19(24)18(6-8-20-9-7-18)21-17(23)22(19)13-16-11-14(2)10-15(3)12-16;1-11-7-12(2)9-13(8-11)10-19-14(20)16(18-15(19)21)3-5-17-6-4-16;1-2-4-5-3-1;1-3-2;;/h4,10-12,20,24H,1,5-9,13H2,2-3H3,(H,21,23);7-9,17H,3-6,10H2,1-2H3,(H,18,21);1-4H2;3H,1-2H2;1H;/q;;;-1;;+2/p-1. The summed E-state index contributed by atoms with van der Waals surface area (Å²) in [4.78, 5) is 40.6. The molecule has 5 N–H and O–H groups in total. The van der Waals surface area contributed by atoms with Crippen molar-refractivity contribution in [3.05, 3.63) is 102 Å². The largest absolute Gasteiger partial charge is 2.00 e. The number of piperidine rings is 2. The van der Waals surface area contributed by atoms with Crippen LogP contribution in [0.25, 0.3) is 0 Å². The van der Waals surface area contributed by atoms with Crippen LogP contribution in [0.4, 0.5) is 9.59 Å². The monoisotopic (exact) mass is 788 g/mol. The molecule has 55 heavy (non-hydrogen) atoms. The average molecular weight is 790 g/mol. The van der Waals surface area contributed by atoms with Gasteiger partial charge in [-0.25, -0.2) is 29.2 Å². The molecule has 5 amide bonds. The molecule has 0 bridgehead atoms. The number of allylic oxidation sites excluding steroid dienone is 1. The Kier molecular flexibility index (Phi) is 19.2. The van der Waals surface area contributed by atoms with Crippen molar-refractivity contribution in [2.75, 3.05) is 39.4 Å². The van der Waals surface area contributed by atoms with Gasteiger partial charge in [-0.2, -0.15) is 0 Å². The molecular weight excluding hydrogens is 728 g/mol. The SMILES string of the molecule is C1CCOC1.C=CCC1(O)N(Cc2cc(C)cc(C)c2)C(=O)NC12CCNCC2.C=C[CH2-].Cc1cc(C)cc(CN2C(=O)NC3(CCNCC3)C2=O)c1.[Cl-].[Mg+2]. The van der Waals surface area contributed by atoms with Crippen molar-refractivity contribution in [1.29, 1.82) is 0 Å². The van der Waals surface area contributed by atoms with Crippen LogP contribution in [0.2, 0.25) is 0 Å². The van der Waals surface area contributed by atoms with Crippen LogP contribution < -0.4 is 33.7 Å². The Bertz CT molecular complexity index is 1560. The molecule has 5 aliphatic rings. The average Bonchev–Trinajstić information content (AvgIpc) is 3.80. The van der Waals surface area contributed by atoms with E-state index in [1.807, 2.05) is 39.8 Å². The molecule has 1 unspecified atom stereocenters. The molecule has 1 atom stereocenters. The van der Waals surface area contributed by atoms with E-state index < -0.39 is 16.8 Å². The van der Waals surface area contributed by atoms with Crippen LogP contribution in [0, 0.1) is 34.6 Å². The maximum atomic E-state index is 12.7. The number of imide groups is 1. The molecule has 298 valence electrons. The van der Waals surface area contributed by atoms with Crippen molar-refractivity contribution < 1.29 is 36.6 Å². The molecule has 5 fully saturated rings. The Hall–Kier alpha value is -3.10. The second kappa shape index (κ2) is 22.0. The number of nitrogens with zero attached hydrogens (tertiary/aromatic N) is 2. The molecule has 0 aliphatic carbocycles. The first-order valence-corrected chi connectivity index (χ1v) is 18.9. The Morgan fingerprint density at radius 3 is 1.65 bits per heavy atom. The minimum atomic E-state index is -1.24. The van der Waals surface area contributed by atoms with Crippen molar-refractivity contribution in [2.24, 2.45) is 0 Å².